The molecule has 1 N–H and O–H groups in total. The van der Waals surface area contributed by atoms with Crippen LogP contribution in [0.4, 0.5) is 4.79 Å². The minimum atomic E-state index is -0.500. The van der Waals surface area contributed by atoms with Crippen molar-refractivity contribution in [3.05, 3.63) is 16.8 Å². The van der Waals surface area contributed by atoms with Gasteiger partial charge in [-0.3, -0.25) is 4.79 Å². The molecule has 2 heterocycles. The van der Waals surface area contributed by atoms with Crippen molar-refractivity contribution in [2.75, 3.05) is 13.6 Å². The van der Waals surface area contributed by atoms with Crippen molar-refractivity contribution >= 4 is 33.6 Å². The molecule has 0 saturated heterocycles. The molecule has 0 radical (unpaired) electrons. The van der Waals surface area contributed by atoms with E-state index in [9.17, 15) is 9.59 Å². The number of nitrogens with one attached hydrogen (secondary N) is 1. The number of aromatic nitrogens is 2. The summed E-state index contributed by atoms with van der Waals surface area (Å²) in [5, 5.41) is 3.91. The fourth-order valence-electron chi connectivity index (χ4n) is 5.02. The molecule has 4 rings (SSSR count). The van der Waals surface area contributed by atoms with E-state index in [-0.39, 0.29) is 30.1 Å². The molecule has 9 heteroatoms. The van der Waals surface area contributed by atoms with Gasteiger partial charge in [-0.25, -0.2) is 14.8 Å². The number of fused-ring (bicyclic) bond motifs is 3. The normalized spacial score (nSPS) is 22.3. The van der Waals surface area contributed by atoms with Gasteiger partial charge in [-0.15, -0.1) is 11.3 Å². The number of carbonyl (C=O) groups is 2. The van der Waals surface area contributed by atoms with Crippen molar-refractivity contribution in [2.24, 2.45) is 0 Å². The fourth-order valence-corrected chi connectivity index (χ4v) is 6.25. The molecule has 0 unspecified atom stereocenters. The lowest BCUT2D eigenvalue weighted by molar-refractivity contribution is -0.121. The molecule has 1 saturated carbocycles. The summed E-state index contributed by atoms with van der Waals surface area (Å²) in [6.07, 6.45) is 7.18. The first-order valence-electron chi connectivity index (χ1n) is 12.3. The number of nitrogens with zero attached hydrogens (tertiary/aromatic N) is 3. The van der Waals surface area contributed by atoms with Crippen LogP contribution in [0.25, 0.3) is 10.2 Å². The minimum absolute atomic E-state index is 0.0418. The Balaban J connectivity index is 1.44. The molecule has 34 heavy (non-hydrogen) atoms. The number of carbonyl (C=O) groups excluding carboxylic acids is 2. The van der Waals surface area contributed by atoms with Gasteiger partial charge in [-0.1, -0.05) is 0 Å². The molecule has 2 aliphatic carbocycles. The van der Waals surface area contributed by atoms with Gasteiger partial charge in [0.15, 0.2) is 0 Å². The summed E-state index contributed by atoms with van der Waals surface area (Å²) in [4.78, 5) is 37.7. The van der Waals surface area contributed by atoms with Gasteiger partial charge >= 0.3 is 6.09 Å². The smallest absolute Gasteiger partial charge is 0.410 e. The Labute approximate surface area is 205 Å². The summed E-state index contributed by atoms with van der Waals surface area (Å²) < 4.78 is 12.0. The summed E-state index contributed by atoms with van der Waals surface area (Å²) in [7, 11) is 1.82. The first kappa shape index (κ1) is 24.7. The molecule has 2 aromatic rings. The Morgan fingerprint density at radius 2 is 1.91 bits per heavy atom. The fraction of sp³-hybridized carbons (Fsp3) is 0.680. The Morgan fingerprint density at radius 3 is 2.59 bits per heavy atom. The Hall–Kier alpha value is -2.42. The largest absolute Gasteiger partial charge is 0.474 e. The van der Waals surface area contributed by atoms with E-state index in [1.54, 1.807) is 22.6 Å². The summed E-state index contributed by atoms with van der Waals surface area (Å²) in [5.74, 6) is 0.905. The Morgan fingerprint density at radius 1 is 1.18 bits per heavy atom. The number of hydrogen-bond acceptors (Lipinski definition) is 7. The van der Waals surface area contributed by atoms with Crippen molar-refractivity contribution in [1.82, 2.24) is 20.2 Å². The Bertz CT molecular complexity index is 1040. The molecule has 0 spiro atoms. The average molecular weight is 489 g/mol. The van der Waals surface area contributed by atoms with Gasteiger partial charge in [0, 0.05) is 30.9 Å². The highest BCUT2D eigenvalue weighted by atomic mass is 32.1. The van der Waals surface area contributed by atoms with E-state index < -0.39 is 5.60 Å². The maximum Gasteiger partial charge on any atom is 0.410 e. The third-order valence-corrected chi connectivity index (χ3v) is 7.83. The van der Waals surface area contributed by atoms with Crippen LogP contribution in [0.15, 0.2) is 6.33 Å². The van der Waals surface area contributed by atoms with Crippen LogP contribution >= 0.6 is 11.3 Å². The van der Waals surface area contributed by atoms with Crippen LogP contribution in [-0.4, -0.2) is 58.2 Å². The molecular formula is C25H36N4O4S. The quantitative estimate of drug-likeness (QED) is 0.628. The van der Waals surface area contributed by atoms with Gasteiger partial charge in [-0.2, -0.15) is 0 Å². The van der Waals surface area contributed by atoms with E-state index in [0.29, 0.717) is 18.8 Å². The SMILES string of the molecule is CCNC(=O)C[C@H]1CCc2sc3ncnc(OC4CCC(N(C)C(=O)OC(C)(C)C)CC4)c3c21. The van der Waals surface area contributed by atoms with Crippen LogP contribution in [0.5, 0.6) is 5.88 Å². The van der Waals surface area contributed by atoms with Crippen molar-refractivity contribution in [2.45, 2.75) is 96.3 Å². The number of rotatable bonds is 6. The molecule has 2 amide bonds. The summed E-state index contributed by atoms with van der Waals surface area (Å²) in [6.45, 7) is 8.24. The summed E-state index contributed by atoms with van der Waals surface area (Å²) in [5.41, 5.74) is 0.708. The third-order valence-electron chi connectivity index (χ3n) is 6.65. The molecule has 186 valence electrons. The van der Waals surface area contributed by atoms with Crippen molar-refractivity contribution in [1.29, 1.82) is 0 Å². The molecule has 1 atom stereocenters. The molecule has 2 aromatic heterocycles. The van der Waals surface area contributed by atoms with E-state index in [1.165, 1.54) is 10.4 Å². The molecular weight excluding hydrogens is 452 g/mol. The zero-order valence-corrected chi connectivity index (χ0v) is 21.7. The maximum absolute atomic E-state index is 12.4. The first-order chi connectivity index (χ1) is 16.2. The van der Waals surface area contributed by atoms with Crippen LogP contribution in [0.3, 0.4) is 0 Å². The lowest BCUT2D eigenvalue weighted by Gasteiger charge is -2.35. The standard InChI is InChI=1S/C25H36N4O4S/c1-6-26-19(30)13-15-7-12-18-20(15)21-22(27-14-28-23(21)34-18)32-17-10-8-16(9-11-17)29(5)24(31)33-25(2,3)4/h14-17H,6-13H2,1-5H3,(H,26,30)/t15-,16?,17?/m1/s1. The molecule has 2 aliphatic rings. The number of thiophene rings is 1. The van der Waals surface area contributed by atoms with Crippen molar-refractivity contribution in [3.63, 3.8) is 0 Å². The topological polar surface area (TPSA) is 93.6 Å². The maximum atomic E-state index is 12.4. The predicted molar refractivity (Wildman–Crippen MR) is 132 cm³/mol. The van der Waals surface area contributed by atoms with Crippen LogP contribution in [0.2, 0.25) is 0 Å². The van der Waals surface area contributed by atoms with Crippen molar-refractivity contribution in [3.8, 4) is 5.88 Å². The van der Waals surface area contributed by atoms with Crippen molar-refractivity contribution < 1.29 is 19.1 Å². The highest BCUT2D eigenvalue weighted by Crippen LogP contribution is 2.47. The zero-order chi connectivity index (χ0) is 24.5. The van der Waals surface area contributed by atoms with Crippen LogP contribution in [0, 0.1) is 0 Å². The number of hydrogen-bond donors (Lipinski definition) is 1. The summed E-state index contributed by atoms with van der Waals surface area (Å²) in [6, 6.07) is 0.145. The molecule has 0 aromatic carbocycles. The third kappa shape index (κ3) is 5.45. The van der Waals surface area contributed by atoms with Crippen LogP contribution in [0.1, 0.15) is 82.6 Å². The second-order valence-electron chi connectivity index (χ2n) is 10.3. The molecule has 1 fully saturated rings. The van der Waals surface area contributed by atoms with Gasteiger partial charge in [0.25, 0.3) is 0 Å². The molecule has 0 bridgehead atoms. The summed E-state index contributed by atoms with van der Waals surface area (Å²) >= 11 is 1.70. The van der Waals surface area contributed by atoms with E-state index in [1.807, 2.05) is 34.7 Å². The second kappa shape index (κ2) is 10.1. The highest BCUT2D eigenvalue weighted by Gasteiger charge is 2.33. The van der Waals surface area contributed by atoms with E-state index in [2.05, 4.69) is 15.3 Å². The van der Waals surface area contributed by atoms with Gasteiger partial charge in [-0.05, 0) is 77.7 Å². The molecule has 0 aliphatic heterocycles. The first-order valence-corrected chi connectivity index (χ1v) is 13.1. The number of aryl methyl sites for hydroxylation is 1. The average Bonchev–Trinajstić information content (AvgIpc) is 3.33. The van der Waals surface area contributed by atoms with Gasteiger partial charge < -0.3 is 19.7 Å². The Kier molecular flexibility index (Phi) is 7.31. The van der Waals surface area contributed by atoms with E-state index in [0.717, 1.165) is 48.7 Å². The lowest BCUT2D eigenvalue weighted by Crippen LogP contribution is -2.43. The predicted octanol–water partition coefficient (Wildman–Crippen LogP) is 4.80. The highest BCUT2D eigenvalue weighted by molar-refractivity contribution is 7.19. The number of ether oxygens (including phenoxy) is 2. The van der Waals surface area contributed by atoms with Gasteiger partial charge in [0.1, 0.15) is 22.9 Å². The van der Waals surface area contributed by atoms with Crippen LogP contribution in [-0.2, 0) is 16.0 Å². The van der Waals surface area contributed by atoms with Gasteiger partial charge in [0.2, 0.25) is 11.8 Å². The zero-order valence-electron chi connectivity index (χ0n) is 20.8. The lowest BCUT2D eigenvalue weighted by atomic mass is 9.92. The monoisotopic (exact) mass is 488 g/mol. The minimum Gasteiger partial charge on any atom is -0.474 e. The molecule has 8 nitrogen and oxygen atoms in total. The number of amides is 2. The van der Waals surface area contributed by atoms with Gasteiger partial charge in [0.05, 0.1) is 5.39 Å². The second-order valence-corrected chi connectivity index (χ2v) is 11.4. The van der Waals surface area contributed by atoms with E-state index >= 15 is 0 Å². The van der Waals surface area contributed by atoms with Crippen LogP contribution < -0.4 is 10.1 Å². The van der Waals surface area contributed by atoms with E-state index in [4.69, 9.17) is 9.47 Å².